The summed E-state index contributed by atoms with van der Waals surface area (Å²) in [6.07, 6.45) is -4.36. The Bertz CT molecular complexity index is 1000. The van der Waals surface area contributed by atoms with E-state index >= 15 is 0 Å². The highest BCUT2D eigenvalue weighted by atomic mass is 19.4. The van der Waals surface area contributed by atoms with Crippen molar-refractivity contribution in [2.75, 3.05) is 32.8 Å². The first kappa shape index (κ1) is 22.3. The first-order chi connectivity index (χ1) is 15.5. The first-order valence-electron chi connectivity index (χ1n) is 10.5. The number of ether oxygens (including phenoxy) is 1. The van der Waals surface area contributed by atoms with Gasteiger partial charge in [-0.05, 0) is 60.7 Å². The number of pyridine rings is 1. The molecule has 5 nitrogen and oxygen atoms in total. The van der Waals surface area contributed by atoms with Crippen LogP contribution < -0.4 is 15.4 Å². The Labute approximate surface area is 185 Å². The molecule has 3 aromatic rings. The zero-order valence-electron chi connectivity index (χ0n) is 17.5. The lowest BCUT2D eigenvalue weighted by molar-refractivity contribution is -0.137. The summed E-state index contributed by atoms with van der Waals surface area (Å²) in [6.45, 7) is 5.71. The number of hydrogen-bond acceptors (Lipinski definition) is 5. The first-order valence-corrected chi connectivity index (χ1v) is 10.5. The van der Waals surface area contributed by atoms with Crippen LogP contribution in [0.5, 0.6) is 11.5 Å². The van der Waals surface area contributed by atoms with Crippen molar-refractivity contribution in [2.24, 2.45) is 0 Å². The maximum atomic E-state index is 12.7. The lowest BCUT2D eigenvalue weighted by Gasteiger charge is -2.14. The Kier molecular flexibility index (Phi) is 7.04. The van der Waals surface area contributed by atoms with Crippen molar-refractivity contribution >= 4 is 0 Å². The molecule has 1 aromatic heterocycles. The van der Waals surface area contributed by atoms with Crippen molar-refractivity contribution in [1.29, 1.82) is 0 Å². The molecule has 168 valence electrons. The van der Waals surface area contributed by atoms with Gasteiger partial charge in [0, 0.05) is 45.0 Å². The molecule has 0 unspecified atom stereocenters. The lowest BCUT2D eigenvalue weighted by atomic mass is 10.1. The van der Waals surface area contributed by atoms with Crippen LogP contribution in [0.15, 0.2) is 66.7 Å². The molecule has 0 amide bonds. The van der Waals surface area contributed by atoms with Crippen molar-refractivity contribution < 1.29 is 17.9 Å². The number of hydrogen-bond donors (Lipinski definition) is 2. The fraction of sp³-hybridized carbons (Fsp3) is 0.292. The average molecular weight is 442 g/mol. The number of benzene rings is 2. The number of aromatic nitrogens is 1. The smallest absolute Gasteiger partial charge is 0.416 e. The van der Waals surface area contributed by atoms with Gasteiger partial charge in [0.05, 0.1) is 17.0 Å². The van der Waals surface area contributed by atoms with E-state index in [1.807, 2.05) is 30.3 Å². The van der Waals surface area contributed by atoms with E-state index in [2.05, 4.69) is 15.5 Å². The molecule has 0 bridgehead atoms. The topological polar surface area (TPSA) is 49.4 Å². The number of rotatable bonds is 8. The van der Waals surface area contributed by atoms with Crippen LogP contribution in [0.1, 0.15) is 11.3 Å². The van der Waals surface area contributed by atoms with Crippen molar-refractivity contribution in [3.8, 4) is 22.8 Å². The van der Waals surface area contributed by atoms with Gasteiger partial charge < -0.3 is 15.4 Å². The van der Waals surface area contributed by atoms with E-state index in [1.165, 1.54) is 12.1 Å². The van der Waals surface area contributed by atoms with E-state index < -0.39 is 11.7 Å². The standard InChI is InChI=1S/C24H25F3N4O/c25-24(26,27)19-6-10-22(11-7-19)32-21-8-4-18(5-9-21)23-3-1-2-20(30-23)16-28-12-14-31-15-13-29-17-31/h1-11,28-29H,12-17H2. The molecule has 2 N–H and O–H groups in total. The maximum Gasteiger partial charge on any atom is 0.416 e. The van der Waals surface area contributed by atoms with E-state index in [0.29, 0.717) is 18.0 Å². The Balaban J connectivity index is 1.32. The van der Waals surface area contributed by atoms with E-state index in [9.17, 15) is 13.2 Å². The Morgan fingerprint density at radius 2 is 1.69 bits per heavy atom. The van der Waals surface area contributed by atoms with E-state index in [1.54, 1.807) is 12.1 Å². The zero-order valence-corrected chi connectivity index (χ0v) is 17.5. The van der Waals surface area contributed by atoms with Crippen LogP contribution in [0.25, 0.3) is 11.3 Å². The molecule has 0 radical (unpaired) electrons. The van der Waals surface area contributed by atoms with Crippen molar-refractivity contribution in [1.82, 2.24) is 20.5 Å². The normalized spacial score (nSPS) is 14.6. The molecule has 0 spiro atoms. The van der Waals surface area contributed by atoms with Crippen molar-refractivity contribution in [3.63, 3.8) is 0 Å². The maximum absolute atomic E-state index is 12.7. The average Bonchev–Trinajstić information content (AvgIpc) is 3.31. The Morgan fingerprint density at radius 3 is 2.34 bits per heavy atom. The highest BCUT2D eigenvalue weighted by Gasteiger charge is 2.30. The van der Waals surface area contributed by atoms with E-state index in [-0.39, 0.29) is 0 Å². The summed E-state index contributed by atoms with van der Waals surface area (Å²) in [5.41, 5.74) is 2.06. The molecule has 2 heterocycles. The summed E-state index contributed by atoms with van der Waals surface area (Å²) in [5, 5.41) is 6.75. The van der Waals surface area contributed by atoms with Gasteiger partial charge >= 0.3 is 6.18 Å². The van der Waals surface area contributed by atoms with Crippen molar-refractivity contribution in [3.05, 3.63) is 78.0 Å². The predicted molar refractivity (Wildman–Crippen MR) is 117 cm³/mol. The Hall–Kier alpha value is -2.94. The number of nitrogens with one attached hydrogen (secondary N) is 2. The van der Waals surface area contributed by atoms with Crippen LogP contribution in [-0.2, 0) is 12.7 Å². The minimum Gasteiger partial charge on any atom is -0.457 e. The highest BCUT2D eigenvalue weighted by Crippen LogP contribution is 2.31. The van der Waals surface area contributed by atoms with Crippen LogP contribution in [-0.4, -0.2) is 42.7 Å². The molecular formula is C24H25F3N4O. The summed E-state index contributed by atoms with van der Waals surface area (Å²) >= 11 is 0. The molecule has 0 saturated carbocycles. The molecule has 1 fully saturated rings. The summed E-state index contributed by atoms with van der Waals surface area (Å²) in [6, 6.07) is 17.9. The molecule has 1 aliphatic heterocycles. The highest BCUT2D eigenvalue weighted by molar-refractivity contribution is 5.60. The van der Waals surface area contributed by atoms with Gasteiger partial charge in [0.15, 0.2) is 0 Å². The second-order valence-electron chi connectivity index (χ2n) is 7.62. The Morgan fingerprint density at radius 1 is 0.969 bits per heavy atom. The summed E-state index contributed by atoms with van der Waals surface area (Å²) < 4.78 is 43.7. The van der Waals surface area contributed by atoms with Crippen LogP contribution in [0.3, 0.4) is 0 Å². The van der Waals surface area contributed by atoms with E-state index in [0.717, 1.165) is 61.9 Å². The SMILES string of the molecule is FC(F)(F)c1ccc(Oc2ccc(-c3cccc(CNCCN4CCNC4)n3)cc2)cc1. The third-order valence-electron chi connectivity index (χ3n) is 5.23. The van der Waals surface area contributed by atoms with E-state index in [4.69, 9.17) is 9.72 Å². The second kappa shape index (κ2) is 10.1. The molecule has 8 heteroatoms. The van der Waals surface area contributed by atoms with Gasteiger partial charge in [-0.25, -0.2) is 0 Å². The summed E-state index contributed by atoms with van der Waals surface area (Å²) in [4.78, 5) is 7.09. The van der Waals surface area contributed by atoms with Crippen LogP contribution in [0, 0.1) is 0 Å². The van der Waals surface area contributed by atoms with Crippen LogP contribution in [0.2, 0.25) is 0 Å². The quantitative estimate of drug-likeness (QED) is 0.503. The minimum absolute atomic E-state index is 0.349. The summed E-state index contributed by atoms with van der Waals surface area (Å²) in [7, 11) is 0. The fourth-order valence-electron chi connectivity index (χ4n) is 3.48. The lowest BCUT2D eigenvalue weighted by Crippen LogP contribution is -2.31. The van der Waals surface area contributed by atoms with Gasteiger partial charge in [0.1, 0.15) is 11.5 Å². The number of alkyl halides is 3. The molecule has 1 aliphatic rings. The molecule has 1 saturated heterocycles. The van der Waals surface area contributed by atoms with Crippen LogP contribution >= 0.6 is 0 Å². The monoisotopic (exact) mass is 442 g/mol. The molecular weight excluding hydrogens is 417 g/mol. The molecule has 0 atom stereocenters. The zero-order chi connectivity index (χ0) is 22.4. The third kappa shape index (κ3) is 6.06. The largest absolute Gasteiger partial charge is 0.457 e. The van der Waals surface area contributed by atoms with Gasteiger partial charge in [-0.1, -0.05) is 6.07 Å². The van der Waals surface area contributed by atoms with Gasteiger partial charge in [-0.3, -0.25) is 9.88 Å². The third-order valence-corrected chi connectivity index (χ3v) is 5.23. The van der Waals surface area contributed by atoms with Gasteiger partial charge in [-0.2, -0.15) is 13.2 Å². The number of nitrogens with zero attached hydrogens (tertiary/aromatic N) is 2. The van der Waals surface area contributed by atoms with Gasteiger partial charge in [0.25, 0.3) is 0 Å². The fourth-order valence-corrected chi connectivity index (χ4v) is 3.48. The molecule has 2 aromatic carbocycles. The predicted octanol–water partition coefficient (Wildman–Crippen LogP) is 4.51. The molecule has 0 aliphatic carbocycles. The molecule has 32 heavy (non-hydrogen) atoms. The van der Waals surface area contributed by atoms with Crippen LogP contribution in [0.4, 0.5) is 13.2 Å². The second-order valence-corrected chi connectivity index (χ2v) is 7.62. The number of halogens is 3. The minimum atomic E-state index is -4.36. The van der Waals surface area contributed by atoms with Gasteiger partial charge in [-0.15, -0.1) is 0 Å². The summed E-state index contributed by atoms with van der Waals surface area (Å²) in [5.74, 6) is 0.893. The van der Waals surface area contributed by atoms with Crippen molar-refractivity contribution in [2.45, 2.75) is 12.7 Å². The van der Waals surface area contributed by atoms with Gasteiger partial charge in [0.2, 0.25) is 0 Å². The molecule has 4 rings (SSSR count).